The van der Waals surface area contributed by atoms with Gasteiger partial charge in [0.1, 0.15) is 5.75 Å². The third-order valence-corrected chi connectivity index (χ3v) is 7.55. The van der Waals surface area contributed by atoms with E-state index < -0.39 is 0 Å². The van der Waals surface area contributed by atoms with Crippen LogP contribution in [0.5, 0.6) is 5.75 Å². The highest BCUT2D eigenvalue weighted by Gasteiger charge is 2.20. The zero-order valence-corrected chi connectivity index (χ0v) is 21.5. The predicted octanol–water partition coefficient (Wildman–Crippen LogP) is 7.58. The Morgan fingerprint density at radius 2 is 1.57 bits per heavy atom. The summed E-state index contributed by atoms with van der Waals surface area (Å²) in [7, 11) is 1.75. The second-order valence-electron chi connectivity index (χ2n) is 8.61. The molecule has 182 valence electrons. The van der Waals surface area contributed by atoms with E-state index in [2.05, 4.69) is 16.5 Å². The van der Waals surface area contributed by atoms with E-state index in [4.69, 9.17) is 21.3 Å². The van der Waals surface area contributed by atoms with Gasteiger partial charge >= 0.3 is 0 Å². The first-order valence-electron chi connectivity index (χ1n) is 11.8. The van der Waals surface area contributed by atoms with Crippen LogP contribution in [0.15, 0.2) is 103 Å². The largest absolute Gasteiger partial charge is 0.484 e. The SMILES string of the molecule is CN(C(=O)COc1ccc(-c2c(-c3ccc(Cl)cc3)nc3sc4ccccc4n23)cc1)c1ccccc1. The standard InChI is InChI=1S/C30H22ClN3O2S/c1-33(23-7-3-2-4-8-23)27(35)19-36-24-17-13-21(14-18-24)29-28(20-11-15-22(31)16-12-20)32-30-34(29)25-9-5-6-10-26(25)37-30/h2-18H,19H2,1H3. The molecule has 7 heteroatoms. The van der Waals surface area contributed by atoms with Crippen molar-refractivity contribution in [1.29, 1.82) is 0 Å². The number of nitrogens with zero attached hydrogens (tertiary/aromatic N) is 3. The van der Waals surface area contributed by atoms with Crippen LogP contribution >= 0.6 is 22.9 Å². The summed E-state index contributed by atoms with van der Waals surface area (Å²) in [5, 5.41) is 0.686. The molecule has 0 bridgehead atoms. The summed E-state index contributed by atoms with van der Waals surface area (Å²) in [6.45, 7) is -0.0487. The van der Waals surface area contributed by atoms with Crippen LogP contribution in [0.2, 0.25) is 5.02 Å². The molecule has 2 aromatic heterocycles. The van der Waals surface area contributed by atoms with Gasteiger partial charge in [-0.25, -0.2) is 4.98 Å². The molecule has 0 aliphatic carbocycles. The van der Waals surface area contributed by atoms with Crippen molar-refractivity contribution < 1.29 is 9.53 Å². The number of para-hydroxylation sites is 2. The maximum Gasteiger partial charge on any atom is 0.264 e. The number of benzene rings is 4. The number of carbonyl (C=O) groups excluding carboxylic acids is 1. The molecule has 0 fully saturated rings. The molecule has 0 aliphatic heterocycles. The van der Waals surface area contributed by atoms with E-state index in [1.165, 1.54) is 4.70 Å². The Hall–Kier alpha value is -4.13. The molecule has 1 amide bonds. The lowest BCUT2D eigenvalue weighted by molar-refractivity contribution is -0.120. The number of hydrogen-bond donors (Lipinski definition) is 0. The monoisotopic (exact) mass is 523 g/mol. The van der Waals surface area contributed by atoms with E-state index in [-0.39, 0.29) is 12.5 Å². The van der Waals surface area contributed by atoms with Crippen LogP contribution in [0.25, 0.3) is 37.7 Å². The quantitative estimate of drug-likeness (QED) is 0.226. The fourth-order valence-corrected chi connectivity index (χ4v) is 5.49. The first-order chi connectivity index (χ1) is 18.1. The van der Waals surface area contributed by atoms with Gasteiger partial charge in [0.25, 0.3) is 5.91 Å². The maximum absolute atomic E-state index is 12.6. The number of aromatic nitrogens is 2. The van der Waals surface area contributed by atoms with Gasteiger partial charge in [-0.15, -0.1) is 0 Å². The number of anilines is 1. The average molecular weight is 524 g/mol. The lowest BCUT2D eigenvalue weighted by Gasteiger charge is -2.17. The van der Waals surface area contributed by atoms with Crippen molar-refractivity contribution in [1.82, 2.24) is 9.38 Å². The van der Waals surface area contributed by atoms with Crippen LogP contribution < -0.4 is 9.64 Å². The number of imidazole rings is 1. The number of rotatable bonds is 6. The van der Waals surface area contributed by atoms with Crippen molar-refractivity contribution in [3.63, 3.8) is 0 Å². The number of fused-ring (bicyclic) bond motifs is 3. The van der Waals surface area contributed by atoms with Crippen molar-refractivity contribution >= 4 is 49.7 Å². The topological polar surface area (TPSA) is 46.8 Å². The van der Waals surface area contributed by atoms with Gasteiger partial charge in [0, 0.05) is 28.9 Å². The van der Waals surface area contributed by atoms with Gasteiger partial charge in [0.15, 0.2) is 11.6 Å². The summed E-state index contributed by atoms with van der Waals surface area (Å²) in [6.07, 6.45) is 0. The molecule has 0 saturated carbocycles. The molecular weight excluding hydrogens is 502 g/mol. The molecule has 6 aromatic rings. The molecule has 37 heavy (non-hydrogen) atoms. The van der Waals surface area contributed by atoms with Crippen molar-refractivity contribution in [3.05, 3.63) is 108 Å². The highest BCUT2D eigenvalue weighted by atomic mass is 35.5. The Morgan fingerprint density at radius 3 is 2.32 bits per heavy atom. The maximum atomic E-state index is 12.6. The summed E-state index contributed by atoms with van der Waals surface area (Å²) < 4.78 is 9.21. The molecule has 0 unspecified atom stereocenters. The number of amides is 1. The molecule has 0 saturated heterocycles. The molecule has 4 aromatic carbocycles. The van der Waals surface area contributed by atoms with E-state index in [0.717, 1.165) is 38.7 Å². The smallest absolute Gasteiger partial charge is 0.264 e. The second-order valence-corrected chi connectivity index (χ2v) is 10.1. The highest BCUT2D eigenvalue weighted by molar-refractivity contribution is 7.23. The number of halogens is 1. The minimum Gasteiger partial charge on any atom is -0.484 e. The average Bonchev–Trinajstić information content (AvgIpc) is 3.49. The minimum atomic E-state index is -0.123. The van der Waals surface area contributed by atoms with Gasteiger partial charge in [-0.05, 0) is 60.7 Å². The molecular formula is C30H22ClN3O2S. The lowest BCUT2D eigenvalue weighted by atomic mass is 10.0. The Kier molecular flexibility index (Phi) is 6.12. The highest BCUT2D eigenvalue weighted by Crippen LogP contribution is 2.39. The normalized spacial score (nSPS) is 11.2. The Balaban J connectivity index is 1.33. The Bertz CT molecular complexity index is 1710. The summed E-state index contributed by atoms with van der Waals surface area (Å²) in [5.74, 6) is 0.505. The molecule has 0 N–H and O–H groups in total. The van der Waals surface area contributed by atoms with Crippen molar-refractivity contribution in [2.24, 2.45) is 0 Å². The van der Waals surface area contributed by atoms with Crippen molar-refractivity contribution in [3.8, 4) is 28.3 Å². The van der Waals surface area contributed by atoms with Crippen LogP contribution in [0.1, 0.15) is 0 Å². The first kappa shape index (κ1) is 23.3. The van der Waals surface area contributed by atoms with Crippen LogP contribution in [0.3, 0.4) is 0 Å². The number of thiazole rings is 1. The lowest BCUT2D eigenvalue weighted by Crippen LogP contribution is -2.31. The van der Waals surface area contributed by atoms with E-state index >= 15 is 0 Å². The number of hydrogen-bond acceptors (Lipinski definition) is 4. The van der Waals surface area contributed by atoms with Crippen LogP contribution in [-0.2, 0) is 4.79 Å². The molecule has 0 radical (unpaired) electrons. The van der Waals surface area contributed by atoms with Gasteiger partial charge < -0.3 is 9.64 Å². The fourth-order valence-electron chi connectivity index (χ4n) is 4.34. The Morgan fingerprint density at radius 1 is 0.892 bits per heavy atom. The van der Waals surface area contributed by atoms with Crippen molar-refractivity contribution in [2.75, 3.05) is 18.6 Å². The minimum absolute atomic E-state index is 0.0487. The molecule has 0 aliphatic rings. The Labute approximate surface area is 223 Å². The number of carbonyl (C=O) groups is 1. The van der Waals surface area contributed by atoms with Crippen LogP contribution in [-0.4, -0.2) is 28.9 Å². The van der Waals surface area contributed by atoms with Gasteiger partial charge in [-0.3, -0.25) is 9.20 Å². The predicted molar refractivity (Wildman–Crippen MR) is 152 cm³/mol. The van der Waals surface area contributed by atoms with Gasteiger partial charge in [-0.2, -0.15) is 0 Å². The summed E-state index contributed by atoms with van der Waals surface area (Å²) in [6, 6.07) is 33.4. The molecule has 0 atom stereocenters. The fraction of sp³-hybridized carbons (Fsp3) is 0.0667. The van der Waals surface area contributed by atoms with Gasteiger partial charge in [0.2, 0.25) is 0 Å². The molecule has 0 spiro atoms. The number of ether oxygens (including phenoxy) is 1. The van der Waals surface area contributed by atoms with E-state index in [1.807, 2.05) is 91.0 Å². The molecule has 6 rings (SSSR count). The zero-order chi connectivity index (χ0) is 25.4. The zero-order valence-electron chi connectivity index (χ0n) is 20.0. The molecule has 2 heterocycles. The third-order valence-electron chi connectivity index (χ3n) is 6.28. The van der Waals surface area contributed by atoms with Crippen LogP contribution in [0.4, 0.5) is 5.69 Å². The van der Waals surface area contributed by atoms with E-state index in [1.54, 1.807) is 23.3 Å². The van der Waals surface area contributed by atoms with Crippen LogP contribution in [0, 0.1) is 0 Å². The van der Waals surface area contributed by atoms with Crippen molar-refractivity contribution in [2.45, 2.75) is 0 Å². The number of likely N-dealkylation sites (N-methyl/N-ethyl adjacent to an activating group) is 1. The molecule has 5 nitrogen and oxygen atoms in total. The summed E-state index contributed by atoms with van der Waals surface area (Å²) in [4.78, 5) is 20.2. The summed E-state index contributed by atoms with van der Waals surface area (Å²) in [5.41, 5.74) is 5.83. The second kappa shape index (κ2) is 9.73. The third kappa shape index (κ3) is 4.46. The summed E-state index contributed by atoms with van der Waals surface area (Å²) >= 11 is 7.81. The van der Waals surface area contributed by atoms with E-state index in [0.29, 0.717) is 10.8 Å². The van der Waals surface area contributed by atoms with E-state index in [9.17, 15) is 4.79 Å². The first-order valence-corrected chi connectivity index (χ1v) is 13.0. The van der Waals surface area contributed by atoms with Gasteiger partial charge in [-0.1, -0.05) is 65.4 Å². The van der Waals surface area contributed by atoms with Gasteiger partial charge in [0.05, 0.1) is 21.6 Å².